The molecule has 2 aromatic rings. The number of anilines is 1. The van der Waals surface area contributed by atoms with E-state index in [1.165, 1.54) is 11.1 Å². The first-order valence-corrected chi connectivity index (χ1v) is 7.16. The number of nitrogens with one attached hydrogen (secondary N) is 1. The zero-order chi connectivity index (χ0) is 15.2. The summed E-state index contributed by atoms with van der Waals surface area (Å²) in [7, 11) is 1.83. The van der Waals surface area contributed by atoms with Crippen LogP contribution in [-0.4, -0.2) is 20.7 Å². The smallest absolute Gasteiger partial charge is 0.193 e. The summed E-state index contributed by atoms with van der Waals surface area (Å²) in [5.74, 6) is 1.04. The average Bonchev–Trinajstić information content (AvgIpc) is 2.91. The first kappa shape index (κ1) is 15.0. The minimum Gasteiger partial charge on any atom is -0.370 e. The van der Waals surface area contributed by atoms with E-state index in [2.05, 4.69) is 52.4 Å². The fraction of sp³-hybridized carbons (Fsp3) is 0.400. The van der Waals surface area contributed by atoms with Crippen LogP contribution in [0.1, 0.15) is 30.8 Å². The van der Waals surface area contributed by atoms with Gasteiger partial charge >= 0.3 is 0 Å². The molecule has 1 aromatic carbocycles. The maximum Gasteiger partial charge on any atom is 0.193 e. The fourth-order valence-electron chi connectivity index (χ4n) is 2.18. The molecule has 0 amide bonds. The van der Waals surface area contributed by atoms with Crippen LogP contribution < -0.4 is 11.1 Å². The Hall–Kier alpha value is -2.37. The number of aliphatic imine (C=N–C) groups is 1. The van der Waals surface area contributed by atoms with Crippen LogP contribution in [0.3, 0.4) is 0 Å². The van der Waals surface area contributed by atoms with Crippen molar-refractivity contribution in [1.82, 2.24) is 14.8 Å². The van der Waals surface area contributed by atoms with Crippen molar-refractivity contribution in [3.63, 3.8) is 0 Å². The van der Waals surface area contributed by atoms with Crippen LogP contribution in [0.25, 0.3) is 0 Å². The van der Waals surface area contributed by atoms with Crippen LogP contribution in [0, 0.1) is 0 Å². The molecular formula is C15H22N6. The molecule has 0 bridgehead atoms. The molecule has 0 unspecified atom stereocenters. The van der Waals surface area contributed by atoms with E-state index in [0.717, 1.165) is 18.5 Å². The van der Waals surface area contributed by atoms with Crippen molar-refractivity contribution < 1.29 is 0 Å². The predicted molar refractivity (Wildman–Crippen MR) is 85.2 cm³/mol. The van der Waals surface area contributed by atoms with Crippen molar-refractivity contribution in [2.24, 2.45) is 17.8 Å². The second-order valence-electron chi connectivity index (χ2n) is 4.82. The largest absolute Gasteiger partial charge is 0.370 e. The Bertz CT molecular complexity index is 607. The molecule has 0 fully saturated rings. The number of aromatic nitrogens is 3. The number of hydrogen-bond donors (Lipinski definition) is 2. The topological polar surface area (TPSA) is 81.1 Å². The first-order valence-electron chi connectivity index (χ1n) is 7.16. The normalized spacial score (nSPS) is 11.7. The Morgan fingerprint density at radius 1 is 1.29 bits per heavy atom. The number of aryl methyl sites for hydroxylation is 3. The minimum absolute atomic E-state index is 0.370. The predicted octanol–water partition coefficient (Wildman–Crippen LogP) is 1.87. The Morgan fingerprint density at radius 3 is 2.48 bits per heavy atom. The van der Waals surface area contributed by atoms with Gasteiger partial charge < -0.3 is 11.1 Å². The molecule has 0 spiro atoms. The lowest BCUT2D eigenvalue weighted by Gasteiger charge is -2.14. The Balaban J connectivity index is 2.13. The Labute approximate surface area is 125 Å². The average molecular weight is 286 g/mol. The molecule has 0 aliphatic carbocycles. The monoisotopic (exact) mass is 286 g/mol. The zero-order valence-corrected chi connectivity index (χ0v) is 12.8. The van der Waals surface area contributed by atoms with Gasteiger partial charge in [0, 0.05) is 12.7 Å². The fourth-order valence-corrected chi connectivity index (χ4v) is 2.18. The first-order chi connectivity index (χ1) is 10.1. The van der Waals surface area contributed by atoms with E-state index < -0.39 is 0 Å². The van der Waals surface area contributed by atoms with E-state index in [1.54, 1.807) is 11.0 Å². The lowest BCUT2D eigenvalue weighted by atomic mass is 10.0. The molecule has 1 heterocycles. The van der Waals surface area contributed by atoms with E-state index >= 15 is 0 Å². The van der Waals surface area contributed by atoms with Gasteiger partial charge in [-0.15, -0.1) is 0 Å². The van der Waals surface area contributed by atoms with Crippen molar-refractivity contribution >= 4 is 11.6 Å². The van der Waals surface area contributed by atoms with Crippen molar-refractivity contribution in [1.29, 1.82) is 0 Å². The summed E-state index contributed by atoms with van der Waals surface area (Å²) < 4.78 is 1.65. The summed E-state index contributed by atoms with van der Waals surface area (Å²) >= 11 is 0. The van der Waals surface area contributed by atoms with Crippen LogP contribution in [0.15, 0.2) is 29.5 Å². The molecule has 0 saturated heterocycles. The molecule has 0 saturated carbocycles. The van der Waals surface area contributed by atoms with E-state index in [-0.39, 0.29) is 0 Å². The highest BCUT2D eigenvalue weighted by Crippen LogP contribution is 2.22. The van der Waals surface area contributed by atoms with E-state index in [1.807, 2.05) is 7.05 Å². The molecule has 0 aliphatic heterocycles. The zero-order valence-electron chi connectivity index (χ0n) is 12.8. The van der Waals surface area contributed by atoms with Gasteiger partial charge in [-0.1, -0.05) is 32.0 Å². The Morgan fingerprint density at radius 2 is 1.95 bits per heavy atom. The molecular weight excluding hydrogens is 264 g/mol. The molecule has 112 valence electrons. The number of nitrogens with two attached hydrogens (primary N) is 1. The summed E-state index contributed by atoms with van der Waals surface area (Å²) in [4.78, 5) is 8.42. The quantitative estimate of drug-likeness (QED) is 0.649. The summed E-state index contributed by atoms with van der Waals surface area (Å²) in [5.41, 5.74) is 9.53. The molecule has 3 N–H and O–H groups in total. The summed E-state index contributed by atoms with van der Waals surface area (Å²) in [6.07, 6.45) is 3.55. The van der Waals surface area contributed by atoms with E-state index in [9.17, 15) is 0 Å². The van der Waals surface area contributed by atoms with Gasteiger partial charge in [-0.25, -0.2) is 9.98 Å². The lowest BCUT2D eigenvalue weighted by molar-refractivity contribution is 0.742. The minimum atomic E-state index is 0.370. The highest BCUT2D eigenvalue weighted by atomic mass is 15.3. The molecule has 6 nitrogen and oxygen atoms in total. The van der Waals surface area contributed by atoms with E-state index in [4.69, 9.17) is 5.73 Å². The van der Waals surface area contributed by atoms with Gasteiger partial charge in [0.2, 0.25) is 0 Å². The van der Waals surface area contributed by atoms with Crippen molar-refractivity contribution in [2.75, 3.05) is 5.32 Å². The molecule has 6 heteroatoms. The molecule has 0 radical (unpaired) electrons. The second kappa shape index (κ2) is 6.88. The maximum absolute atomic E-state index is 5.98. The van der Waals surface area contributed by atoms with Crippen molar-refractivity contribution in [3.8, 4) is 0 Å². The van der Waals surface area contributed by atoms with E-state index in [0.29, 0.717) is 18.3 Å². The second-order valence-corrected chi connectivity index (χ2v) is 4.82. The molecule has 0 atom stereocenters. The van der Waals surface area contributed by atoms with Gasteiger partial charge in [0.15, 0.2) is 11.8 Å². The Kier molecular flexibility index (Phi) is 4.92. The number of benzene rings is 1. The van der Waals surface area contributed by atoms with Gasteiger partial charge in [-0.05, 0) is 24.0 Å². The third-order valence-corrected chi connectivity index (χ3v) is 3.29. The summed E-state index contributed by atoms with van der Waals surface area (Å²) in [5, 5.41) is 7.40. The van der Waals surface area contributed by atoms with Gasteiger partial charge in [0.1, 0.15) is 12.9 Å². The van der Waals surface area contributed by atoms with Crippen molar-refractivity contribution in [3.05, 3.63) is 41.5 Å². The lowest BCUT2D eigenvalue weighted by Crippen LogP contribution is -2.24. The van der Waals surface area contributed by atoms with Crippen LogP contribution in [0.2, 0.25) is 0 Å². The van der Waals surface area contributed by atoms with Crippen LogP contribution in [0.4, 0.5) is 5.69 Å². The number of rotatable bonds is 5. The van der Waals surface area contributed by atoms with Gasteiger partial charge in [0.25, 0.3) is 0 Å². The van der Waals surface area contributed by atoms with Crippen molar-refractivity contribution in [2.45, 2.75) is 33.2 Å². The highest BCUT2D eigenvalue weighted by molar-refractivity contribution is 5.93. The molecule has 21 heavy (non-hydrogen) atoms. The van der Waals surface area contributed by atoms with Gasteiger partial charge in [0.05, 0.1) is 0 Å². The van der Waals surface area contributed by atoms with Crippen LogP contribution in [0.5, 0.6) is 0 Å². The highest BCUT2D eigenvalue weighted by Gasteiger charge is 2.07. The standard InChI is InChI=1S/C15H22N6/c1-4-11-7-6-8-12(5-2)14(11)19-15(16)17-9-13-18-10-21(3)20-13/h6-8,10H,4-5,9H2,1-3H3,(H3,16,17,19). The summed E-state index contributed by atoms with van der Waals surface area (Å²) in [6.45, 7) is 4.63. The summed E-state index contributed by atoms with van der Waals surface area (Å²) in [6, 6.07) is 6.29. The molecule has 0 aliphatic rings. The maximum atomic E-state index is 5.98. The number of para-hydroxylation sites is 1. The number of guanidine groups is 1. The third-order valence-electron chi connectivity index (χ3n) is 3.29. The van der Waals surface area contributed by atoms with Crippen LogP contribution >= 0.6 is 0 Å². The van der Waals surface area contributed by atoms with Gasteiger partial charge in [-0.3, -0.25) is 4.68 Å². The molecule has 2 rings (SSSR count). The third kappa shape index (κ3) is 3.81. The number of nitrogens with zero attached hydrogens (tertiary/aromatic N) is 4. The number of hydrogen-bond acceptors (Lipinski definition) is 3. The molecule has 1 aromatic heterocycles. The van der Waals surface area contributed by atoms with Crippen LogP contribution in [-0.2, 0) is 26.4 Å². The SMILES string of the molecule is CCc1cccc(CC)c1NC(N)=NCc1ncn(C)n1. The van der Waals surface area contributed by atoms with Gasteiger partial charge in [-0.2, -0.15) is 5.10 Å².